The van der Waals surface area contributed by atoms with Gasteiger partial charge in [0.1, 0.15) is 5.82 Å². The predicted octanol–water partition coefficient (Wildman–Crippen LogP) is 20.6. The van der Waals surface area contributed by atoms with E-state index in [2.05, 4.69) is 300 Å². The monoisotopic (exact) mass is 1330 g/mol. The van der Waals surface area contributed by atoms with Crippen molar-refractivity contribution >= 4 is 54.6 Å². The molecule has 0 amide bonds. The maximum absolute atomic E-state index is 6.98. The van der Waals surface area contributed by atoms with Gasteiger partial charge in [-0.1, -0.05) is 202 Å². The van der Waals surface area contributed by atoms with Gasteiger partial charge >= 0.3 is 0 Å². The van der Waals surface area contributed by atoms with E-state index in [1.54, 1.807) is 0 Å². The first-order chi connectivity index (χ1) is 42.4. The molecule has 2 aliphatic rings. The summed E-state index contributed by atoms with van der Waals surface area (Å²) in [5.41, 5.74) is 23.6. The molecule has 0 saturated heterocycles. The Kier molecular flexibility index (Phi) is 13.0. The summed E-state index contributed by atoms with van der Waals surface area (Å²) in [6.07, 6.45) is 8.28. The third-order valence-corrected chi connectivity index (χ3v) is 19.3. The molecule has 5 heterocycles. The number of aromatic nitrogens is 5. The van der Waals surface area contributed by atoms with Crippen LogP contribution in [-0.2, 0) is 42.7 Å². The Hall–Kier alpha value is -9.09. The molecule has 0 unspecified atom stereocenters. The molecule has 16 rings (SSSR count). The minimum Gasteiger partial charge on any atom is -0.510 e. The molecule has 89 heavy (non-hydrogen) atoms. The molecule has 1 aliphatic carbocycles. The van der Waals surface area contributed by atoms with Crippen LogP contribution in [0.4, 0.5) is 0 Å². The summed E-state index contributed by atoms with van der Waals surface area (Å²) in [7, 11) is 0. The van der Waals surface area contributed by atoms with Gasteiger partial charge in [-0.2, -0.15) is 18.2 Å². The van der Waals surface area contributed by atoms with Crippen molar-refractivity contribution in [1.82, 2.24) is 18.7 Å². The molecule has 4 aromatic heterocycles. The van der Waals surface area contributed by atoms with Crippen molar-refractivity contribution in [2.45, 2.75) is 104 Å². The Morgan fingerprint density at radius 3 is 1.66 bits per heavy atom. The second-order valence-electron chi connectivity index (χ2n) is 27.9. The molecular formula is C82H69N5OPt-2. The SMILES string of the molecule is CC(C)(C)c1ccc(-c2cccc3c2-[n+]2[c-]n(-c4[c-]c(Oc5[c-]c6c(cc5)c5ccccc5n6-c5cc(C(C)(C)C)ccn5)ccc4)c4cc(-n5c6ccccc6c6ccccc65)cc(c42)-c2ccccc2-c2cc4c(cc2-3)C(C)(C)CCC4(C)C)cc1.[Pt]. The van der Waals surface area contributed by atoms with Gasteiger partial charge in [0.15, 0.2) is 0 Å². The van der Waals surface area contributed by atoms with Crippen LogP contribution in [0.15, 0.2) is 212 Å². The average molecular weight is 1340 g/mol. The quantitative estimate of drug-likeness (QED) is 0.123. The molecule has 0 atom stereocenters. The smallest absolute Gasteiger partial charge is 0.268 e. The number of nitrogens with zero attached hydrogens (tertiary/aromatic N) is 5. The average Bonchev–Trinajstić information content (AvgIpc) is 1.69. The number of ether oxygens (including phenoxy) is 1. The third kappa shape index (κ3) is 9.07. The Bertz CT molecular complexity index is 5160. The van der Waals surface area contributed by atoms with Crippen LogP contribution in [0, 0.1) is 18.5 Å². The molecule has 0 radical (unpaired) electrons. The number of hydrogen-bond acceptors (Lipinski definition) is 2. The number of hydrogen-bond donors (Lipinski definition) is 0. The minimum atomic E-state index is -0.0602. The Balaban J connectivity index is 0.00000663. The third-order valence-electron chi connectivity index (χ3n) is 19.3. The number of rotatable bonds is 6. The molecule has 0 bridgehead atoms. The van der Waals surface area contributed by atoms with Gasteiger partial charge in [0.2, 0.25) is 0 Å². The van der Waals surface area contributed by atoms with E-state index < -0.39 is 0 Å². The van der Waals surface area contributed by atoms with Gasteiger partial charge in [-0.15, -0.1) is 29.7 Å². The van der Waals surface area contributed by atoms with Crippen LogP contribution in [-0.4, -0.2) is 18.7 Å². The molecule has 440 valence electrons. The fourth-order valence-corrected chi connectivity index (χ4v) is 14.4. The van der Waals surface area contributed by atoms with Crippen molar-refractivity contribution in [3.63, 3.8) is 0 Å². The number of para-hydroxylation sites is 4. The fourth-order valence-electron chi connectivity index (χ4n) is 14.4. The van der Waals surface area contributed by atoms with E-state index >= 15 is 0 Å². The number of fused-ring (bicyclic) bond motifs is 14. The van der Waals surface area contributed by atoms with E-state index in [0.29, 0.717) is 11.5 Å². The number of benzene rings is 10. The van der Waals surface area contributed by atoms with E-state index in [-0.39, 0.29) is 42.7 Å². The van der Waals surface area contributed by atoms with Crippen LogP contribution in [0.3, 0.4) is 0 Å². The van der Waals surface area contributed by atoms with Crippen molar-refractivity contribution in [1.29, 1.82) is 0 Å². The molecule has 0 N–H and O–H groups in total. The molecule has 7 heteroatoms. The Morgan fingerprint density at radius 1 is 0.461 bits per heavy atom. The fraction of sp³-hybridized carbons (Fsp3) is 0.195. The van der Waals surface area contributed by atoms with E-state index in [4.69, 9.17) is 9.72 Å². The van der Waals surface area contributed by atoms with Crippen LogP contribution < -0.4 is 9.30 Å². The van der Waals surface area contributed by atoms with Gasteiger partial charge < -0.3 is 18.4 Å². The molecule has 1 aliphatic heterocycles. The Morgan fingerprint density at radius 2 is 1.01 bits per heavy atom. The first-order valence-corrected chi connectivity index (χ1v) is 31.1. The summed E-state index contributed by atoms with van der Waals surface area (Å²) < 4.78 is 16.2. The Labute approximate surface area is 536 Å². The van der Waals surface area contributed by atoms with Gasteiger partial charge in [-0.05, 0) is 161 Å². The number of pyridine rings is 1. The van der Waals surface area contributed by atoms with Gasteiger partial charge in [-0.25, -0.2) is 4.98 Å². The minimum absolute atomic E-state index is 0. The molecule has 14 aromatic rings. The molecular weight excluding hydrogens is 1270 g/mol. The van der Waals surface area contributed by atoms with Crippen LogP contribution in [0.1, 0.15) is 104 Å². The van der Waals surface area contributed by atoms with Crippen LogP contribution >= 0.6 is 0 Å². The number of imidazole rings is 1. The maximum atomic E-state index is 6.98. The first-order valence-electron chi connectivity index (χ1n) is 31.1. The standard InChI is InChI=1S/C82H69N5O.Pt/c1-79(2,3)52-35-33-51(34-36-52)58-28-20-29-65-67-49-70-69(81(7,8)40-41-82(70,9)10)48-66(67)59-23-11-12-24-60(59)68-45-55(86-71-30-16-13-25-61(71)62-26-14-17-31-72(62)86)46-75-78(68)85(77(58)65)50-84(75)54-21-19-22-56(44-54)88-57-37-38-64-63-27-15-18-32-73(63)87(74(64)47-57)76-43-53(39-42-83-76)80(4,5)6;/h11-39,42-43,45-46,48-49H,40-41H2,1-10H3;/q-2;. The summed E-state index contributed by atoms with van der Waals surface area (Å²) in [6.45, 7) is 23.4. The summed E-state index contributed by atoms with van der Waals surface area (Å²) in [4.78, 5) is 4.95. The normalized spacial score (nSPS) is 14.2. The van der Waals surface area contributed by atoms with Crippen molar-refractivity contribution in [2.24, 2.45) is 0 Å². The second kappa shape index (κ2) is 20.5. The van der Waals surface area contributed by atoms with Gasteiger partial charge in [-0.3, -0.25) is 4.57 Å². The van der Waals surface area contributed by atoms with E-state index in [9.17, 15) is 0 Å². The largest absolute Gasteiger partial charge is 0.510 e. The van der Waals surface area contributed by atoms with Crippen LogP contribution in [0.2, 0.25) is 0 Å². The predicted molar refractivity (Wildman–Crippen MR) is 362 cm³/mol. The van der Waals surface area contributed by atoms with Crippen LogP contribution in [0.5, 0.6) is 11.5 Å². The zero-order valence-electron chi connectivity index (χ0n) is 52.1. The molecule has 6 nitrogen and oxygen atoms in total. The maximum Gasteiger partial charge on any atom is 0.268 e. The van der Waals surface area contributed by atoms with Crippen molar-refractivity contribution < 1.29 is 30.4 Å². The summed E-state index contributed by atoms with van der Waals surface area (Å²) in [5, 5.41) is 4.62. The summed E-state index contributed by atoms with van der Waals surface area (Å²) >= 11 is 0. The second-order valence-corrected chi connectivity index (χ2v) is 27.9. The van der Waals surface area contributed by atoms with Crippen LogP contribution in [0.25, 0.3) is 122 Å². The van der Waals surface area contributed by atoms with Crippen molar-refractivity contribution in [3.8, 4) is 78.9 Å². The van der Waals surface area contributed by atoms with Crippen molar-refractivity contribution in [3.05, 3.63) is 253 Å². The van der Waals surface area contributed by atoms with Gasteiger partial charge in [0.05, 0.1) is 27.8 Å². The summed E-state index contributed by atoms with van der Waals surface area (Å²) in [6, 6.07) is 83.6. The van der Waals surface area contributed by atoms with Gasteiger partial charge in [0, 0.05) is 60.7 Å². The first kappa shape index (κ1) is 56.4. The zero-order chi connectivity index (χ0) is 60.2. The molecule has 0 fully saturated rings. The molecule has 0 saturated carbocycles. The summed E-state index contributed by atoms with van der Waals surface area (Å²) in [5.74, 6) is 1.97. The van der Waals surface area contributed by atoms with E-state index in [0.717, 1.165) is 107 Å². The molecule has 0 spiro atoms. The van der Waals surface area contributed by atoms with Gasteiger partial charge in [0.25, 0.3) is 6.33 Å². The molecule has 10 aromatic carbocycles. The van der Waals surface area contributed by atoms with E-state index in [1.165, 1.54) is 49.7 Å². The van der Waals surface area contributed by atoms with Crippen molar-refractivity contribution in [2.75, 3.05) is 0 Å². The van der Waals surface area contributed by atoms with E-state index in [1.807, 2.05) is 18.3 Å². The zero-order valence-corrected chi connectivity index (χ0v) is 54.4. The topological polar surface area (TPSA) is 40.8 Å².